The molecular formula is C10H16Cl2N4. The van der Waals surface area contributed by atoms with Gasteiger partial charge in [0.15, 0.2) is 0 Å². The lowest BCUT2D eigenvalue weighted by atomic mass is 10.1. The minimum atomic E-state index is 0. The molecule has 6 heteroatoms. The number of anilines is 1. The summed E-state index contributed by atoms with van der Waals surface area (Å²) in [5.41, 5.74) is 0.890. The first-order chi connectivity index (χ1) is 7.24. The molecule has 2 N–H and O–H groups in total. The molecule has 1 saturated heterocycles. The number of aromatic nitrogens is 2. The number of nitrogens with zero attached hydrogens (tertiary/aromatic N) is 2. The molecule has 16 heavy (non-hydrogen) atoms. The second-order valence-electron chi connectivity index (χ2n) is 3.85. The molecule has 1 aromatic heterocycles. The van der Waals surface area contributed by atoms with Gasteiger partial charge in [0.2, 0.25) is 5.28 Å². The van der Waals surface area contributed by atoms with Gasteiger partial charge >= 0.3 is 0 Å². The molecule has 90 valence electrons. The molecule has 0 bridgehead atoms. The van der Waals surface area contributed by atoms with E-state index >= 15 is 0 Å². The lowest BCUT2D eigenvalue weighted by Gasteiger charge is -2.24. The van der Waals surface area contributed by atoms with Crippen molar-refractivity contribution in [3.63, 3.8) is 0 Å². The van der Waals surface area contributed by atoms with Gasteiger partial charge in [0.1, 0.15) is 5.82 Å². The Balaban J connectivity index is 0.00000128. The monoisotopic (exact) mass is 262 g/mol. The van der Waals surface area contributed by atoms with Crippen molar-refractivity contribution in [3.05, 3.63) is 17.0 Å². The van der Waals surface area contributed by atoms with Gasteiger partial charge in [-0.25, -0.2) is 9.97 Å². The highest BCUT2D eigenvalue weighted by Gasteiger charge is 2.13. The third-order valence-corrected chi connectivity index (χ3v) is 2.64. The molecule has 0 spiro atoms. The van der Waals surface area contributed by atoms with E-state index in [1.54, 1.807) is 0 Å². The smallest absolute Gasteiger partial charge is 0.224 e. The van der Waals surface area contributed by atoms with E-state index in [1.165, 1.54) is 12.8 Å². The highest BCUT2D eigenvalue weighted by molar-refractivity contribution is 6.28. The average molecular weight is 263 g/mol. The summed E-state index contributed by atoms with van der Waals surface area (Å²) < 4.78 is 0. The maximum atomic E-state index is 5.79. The van der Waals surface area contributed by atoms with E-state index in [-0.39, 0.29) is 12.4 Å². The number of piperidine rings is 1. The Morgan fingerprint density at radius 3 is 2.94 bits per heavy atom. The van der Waals surface area contributed by atoms with Crippen molar-refractivity contribution in [3.8, 4) is 0 Å². The second kappa shape index (κ2) is 6.23. The van der Waals surface area contributed by atoms with Crippen LogP contribution in [0.2, 0.25) is 5.28 Å². The number of halogens is 2. The fourth-order valence-corrected chi connectivity index (χ4v) is 2.01. The molecule has 1 aliphatic rings. The van der Waals surface area contributed by atoms with Crippen LogP contribution < -0.4 is 10.6 Å². The predicted molar refractivity (Wildman–Crippen MR) is 68.5 cm³/mol. The highest BCUT2D eigenvalue weighted by Crippen LogP contribution is 2.13. The number of rotatable bonds is 2. The van der Waals surface area contributed by atoms with Gasteiger partial charge in [0, 0.05) is 24.3 Å². The summed E-state index contributed by atoms with van der Waals surface area (Å²) in [6.07, 6.45) is 2.38. The molecule has 4 nitrogen and oxygen atoms in total. The minimum absolute atomic E-state index is 0. The molecule has 0 aromatic carbocycles. The fourth-order valence-electron chi connectivity index (χ4n) is 1.79. The molecule has 1 aromatic rings. The fraction of sp³-hybridized carbons (Fsp3) is 0.600. The molecule has 1 aliphatic heterocycles. The van der Waals surface area contributed by atoms with Crippen LogP contribution in [0.3, 0.4) is 0 Å². The average Bonchev–Trinajstić information content (AvgIpc) is 2.17. The summed E-state index contributed by atoms with van der Waals surface area (Å²) in [5, 5.41) is 7.02. The number of nitrogens with one attached hydrogen (secondary N) is 2. The Kier molecular flexibility index (Phi) is 5.25. The third kappa shape index (κ3) is 3.77. The minimum Gasteiger partial charge on any atom is -0.366 e. The summed E-state index contributed by atoms with van der Waals surface area (Å²) in [5.74, 6) is 0.821. The molecule has 1 atom stereocenters. The predicted octanol–water partition coefficient (Wildman–Crippen LogP) is 2.02. The summed E-state index contributed by atoms with van der Waals surface area (Å²) in [6.45, 7) is 4.01. The Labute approximate surface area is 107 Å². The van der Waals surface area contributed by atoms with Gasteiger partial charge in [-0.2, -0.15) is 0 Å². The summed E-state index contributed by atoms with van der Waals surface area (Å²) in [7, 11) is 0. The first-order valence-corrected chi connectivity index (χ1v) is 5.60. The molecule has 0 saturated carbocycles. The van der Waals surface area contributed by atoms with E-state index in [1.807, 2.05) is 13.0 Å². The molecule has 0 amide bonds. The van der Waals surface area contributed by atoms with Crippen LogP contribution >= 0.6 is 24.0 Å². The van der Waals surface area contributed by atoms with Gasteiger partial charge in [-0.3, -0.25) is 0 Å². The van der Waals surface area contributed by atoms with Crippen molar-refractivity contribution in [2.75, 3.05) is 18.4 Å². The van der Waals surface area contributed by atoms with Crippen LogP contribution in [0.25, 0.3) is 0 Å². The van der Waals surface area contributed by atoms with Crippen LogP contribution in [0, 0.1) is 6.92 Å². The van der Waals surface area contributed by atoms with E-state index in [0.717, 1.165) is 24.6 Å². The van der Waals surface area contributed by atoms with Gasteiger partial charge in [-0.1, -0.05) is 0 Å². The zero-order chi connectivity index (χ0) is 10.7. The van der Waals surface area contributed by atoms with Gasteiger partial charge in [-0.05, 0) is 37.9 Å². The zero-order valence-corrected chi connectivity index (χ0v) is 10.7. The molecule has 2 heterocycles. The Bertz CT molecular complexity index is 319. The summed E-state index contributed by atoms with van der Waals surface area (Å²) in [6, 6.07) is 2.37. The van der Waals surface area contributed by atoms with Crippen molar-refractivity contribution in [2.24, 2.45) is 0 Å². The second-order valence-corrected chi connectivity index (χ2v) is 4.19. The van der Waals surface area contributed by atoms with Crippen LogP contribution in [0.5, 0.6) is 0 Å². The van der Waals surface area contributed by atoms with Crippen LogP contribution in [-0.4, -0.2) is 29.1 Å². The Hall–Kier alpha value is -0.580. The Morgan fingerprint density at radius 2 is 2.31 bits per heavy atom. The SMILES string of the molecule is Cc1cc(N[C@@H]2CCCNC2)nc(Cl)n1.Cl. The van der Waals surface area contributed by atoms with Crippen LogP contribution in [0.1, 0.15) is 18.5 Å². The lowest BCUT2D eigenvalue weighted by molar-refractivity contribution is 0.479. The first-order valence-electron chi connectivity index (χ1n) is 5.22. The van der Waals surface area contributed by atoms with E-state index in [0.29, 0.717) is 11.3 Å². The van der Waals surface area contributed by atoms with E-state index in [9.17, 15) is 0 Å². The molecule has 0 aliphatic carbocycles. The van der Waals surface area contributed by atoms with E-state index < -0.39 is 0 Å². The normalized spacial score (nSPS) is 20.0. The van der Waals surface area contributed by atoms with Gasteiger partial charge < -0.3 is 10.6 Å². The molecule has 0 radical (unpaired) electrons. The quantitative estimate of drug-likeness (QED) is 0.801. The van der Waals surface area contributed by atoms with Crippen molar-refractivity contribution in [2.45, 2.75) is 25.8 Å². The number of hydrogen-bond acceptors (Lipinski definition) is 4. The van der Waals surface area contributed by atoms with Crippen molar-refractivity contribution >= 4 is 29.8 Å². The van der Waals surface area contributed by atoms with E-state index in [2.05, 4.69) is 20.6 Å². The van der Waals surface area contributed by atoms with Crippen molar-refractivity contribution in [1.29, 1.82) is 0 Å². The topological polar surface area (TPSA) is 49.8 Å². The van der Waals surface area contributed by atoms with Gasteiger partial charge in [0.05, 0.1) is 0 Å². The van der Waals surface area contributed by atoms with Gasteiger partial charge in [-0.15, -0.1) is 12.4 Å². The maximum Gasteiger partial charge on any atom is 0.224 e. The third-order valence-electron chi connectivity index (χ3n) is 2.48. The summed E-state index contributed by atoms with van der Waals surface area (Å²) >= 11 is 5.79. The standard InChI is InChI=1S/C10H15ClN4.ClH/c1-7-5-9(15-10(11)13-7)14-8-3-2-4-12-6-8;/h5,8,12H,2-4,6H2,1H3,(H,13,14,15);1H/t8-;/m1./s1. The number of aryl methyl sites for hydroxylation is 1. The highest BCUT2D eigenvalue weighted by atomic mass is 35.5. The zero-order valence-electron chi connectivity index (χ0n) is 9.16. The molecular weight excluding hydrogens is 247 g/mol. The largest absolute Gasteiger partial charge is 0.366 e. The lowest BCUT2D eigenvalue weighted by Crippen LogP contribution is -2.38. The molecule has 0 unspecified atom stereocenters. The molecule has 1 fully saturated rings. The van der Waals surface area contributed by atoms with Crippen LogP contribution in [0.15, 0.2) is 6.07 Å². The van der Waals surface area contributed by atoms with Crippen molar-refractivity contribution in [1.82, 2.24) is 15.3 Å². The van der Waals surface area contributed by atoms with Gasteiger partial charge in [0.25, 0.3) is 0 Å². The van der Waals surface area contributed by atoms with E-state index in [4.69, 9.17) is 11.6 Å². The van der Waals surface area contributed by atoms with Crippen LogP contribution in [-0.2, 0) is 0 Å². The molecule has 2 rings (SSSR count). The summed E-state index contributed by atoms with van der Waals surface area (Å²) in [4.78, 5) is 8.17. The maximum absolute atomic E-state index is 5.79. The van der Waals surface area contributed by atoms with Crippen molar-refractivity contribution < 1.29 is 0 Å². The van der Waals surface area contributed by atoms with Crippen LogP contribution in [0.4, 0.5) is 5.82 Å². The first kappa shape index (κ1) is 13.5. The Morgan fingerprint density at radius 1 is 1.50 bits per heavy atom. The number of hydrogen-bond donors (Lipinski definition) is 2.